The Bertz CT molecular complexity index is 1260. The number of furan rings is 1. The van der Waals surface area contributed by atoms with Gasteiger partial charge in [-0.25, -0.2) is 9.78 Å². The Hall–Kier alpha value is -3.81. The maximum absolute atomic E-state index is 13.1. The van der Waals surface area contributed by atoms with Crippen LogP contribution in [-0.4, -0.2) is 29.2 Å². The van der Waals surface area contributed by atoms with Gasteiger partial charge >= 0.3 is 5.97 Å². The highest BCUT2D eigenvalue weighted by atomic mass is 32.2. The Morgan fingerprint density at radius 1 is 1.29 bits per heavy atom. The van der Waals surface area contributed by atoms with Crippen LogP contribution in [0.2, 0.25) is 0 Å². The van der Waals surface area contributed by atoms with E-state index in [0.717, 1.165) is 5.56 Å². The van der Waals surface area contributed by atoms with Crippen molar-refractivity contribution in [3.8, 4) is 6.07 Å². The number of benzene rings is 1. The standard InChI is InChI=1S/C24H20N4O4S2/c1-2-31-23(30)20-19(17-9-6-11-32-17)16(13-25)22(28-21(20)15-7-4-3-5-8-15)34-14-18(29)27-24-26-10-12-33-24/h3-12,19,28H,2,14H2,1H3,(H,26,27,29). The van der Waals surface area contributed by atoms with Crippen molar-refractivity contribution in [3.63, 3.8) is 0 Å². The van der Waals surface area contributed by atoms with Crippen molar-refractivity contribution < 1.29 is 18.7 Å². The first-order valence-corrected chi connectivity index (χ1v) is 12.2. The van der Waals surface area contributed by atoms with Crippen molar-refractivity contribution >= 4 is 45.8 Å². The van der Waals surface area contributed by atoms with Crippen molar-refractivity contribution in [1.82, 2.24) is 10.3 Å². The predicted octanol–water partition coefficient (Wildman–Crippen LogP) is 4.50. The van der Waals surface area contributed by atoms with Crippen LogP contribution in [0.5, 0.6) is 0 Å². The zero-order valence-corrected chi connectivity index (χ0v) is 19.7. The van der Waals surface area contributed by atoms with Crippen LogP contribution in [0.1, 0.15) is 24.2 Å². The number of allylic oxidation sites excluding steroid dienone is 1. The summed E-state index contributed by atoms with van der Waals surface area (Å²) in [4.78, 5) is 29.6. The van der Waals surface area contributed by atoms with Crippen molar-refractivity contribution in [3.05, 3.63) is 87.8 Å². The third-order valence-electron chi connectivity index (χ3n) is 4.86. The first-order chi connectivity index (χ1) is 16.6. The third kappa shape index (κ3) is 5.06. The summed E-state index contributed by atoms with van der Waals surface area (Å²) in [6.45, 7) is 1.90. The molecule has 34 heavy (non-hydrogen) atoms. The molecule has 0 saturated carbocycles. The molecule has 1 aromatic carbocycles. The number of nitrogens with zero attached hydrogens (tertiary/aromatic N) is 2. The average Bonchev–Trinajstić information content (AvgIpc) is 3.57. The molecule has 4 rings (SSSR count). The Labute approximate surface area is 204 Å². The molecular formula is C24H20N4O4S2. The lowest BCUT2D eigenvalue weighted by molar-refractivity contribution is -0.138. The van der Waals surface area contributed by atoms with Crippen LogP contribution < -0.4 is 10.6 Å². The molecule has 0 radical (unpaired) electrons. The number of carbonyl (C=O) groups excluding carboxylic acids is 2. The minimum absolute atomic E-state index is 0.0365. The molecule has 3 heterocycles. The first-order valence-electron chi connectivity index (χ1n) is 10.4. The zero-order valence-electron chi connectivity index (χ0n) is 18.1. The van der Waals surface area contributed by atoms with E-state index in [9.17, 15) is 14.9 Å². The molecule has 1 unspecified atom stereocenters. The zero-order chi connectivity index (χ0) is 23.9. The second-order valence-electron chi connectivity index (χ2n) is 6.98. The molecule has 3 aromatic rings. The quantitative estimate of drug-likeness (QED) is 0.441. The fraction of sp³-hybridized carbons (Fsp3) is 0.167. The molecule has 1 aliphatic heterocycles. The summed E-state index contributed by atoms with van der Waals surface area (Å²) in [6, 6.07) is 14.9. The summed E-state index contributed by atoms with van der Waals surface area (Å²) in [5.74, 6) is -1.13. The Morgan fingerprint density at radius 3 is 2.76 bits per heavy atom. The SMILES string of the molecule is CCOC(=O)C1=C(c2ccccc2)NC(SCC(=O)Nc2nccs2)=C(C#N)C1c1ccco1. The number of ether oxygens (including phenoxy) is 1. The molecule has 1 aliphatic rings. The van der Waals surface area contributed by atoms with Crippen LogP contribution in [0.25, 0.3) is 5.70 Å². The van der Waals surface area contributed by atoms with Gasteiger partial charge in [-0.1, -0.05) is 42.1 Å². The number of nitrogens with one attached hydrogen (secondary N) is 2. The summed E-state index contributed by atoms with van der Waals surface area (Å²) < 4.78 is 11.0. The smallest absolute Gasteiger partial charge is 0.337 e. The van der Waals surface area contributed by atoms with E-state index < -0.39 is 11.9 Å². The topological polar surface area (TPSA) is 117 Å². The average molecular weight is 493 g/mol. The van der Waals surface area contributed by atoms with Gasteiger partial charge < -0.3 is 19.8 Å². The van der Waals surface area contributed by atoms with E-state index in [-0.39, 0.29) is 29.4 Å². The number of anilines is 1. The van der Waals surface area contributed by atoms with Gasteiger partial charge in [0.25, 0.3) is 0 Å². The van der Waals surface area contributed by atoms with Crippen molar-refractivity contribution in [2.75, 3.05) is 17.7 Å². The minimum atomic E-state index is -0.792. The van der Waals surface area contributed by atoms with E-state index in [1.807, 2.05) is 30.3 Å². The highest BCUT2D eigenvalue weighted by Gasteiger charge is 2.38. The summed E-state index contributed by atoms with van der Waals surface area (Å²) >= 11 is 2.49. The number of rotatable bonds is 8. The molecule has 8 nitrogen and oxygen atoms in total. The monoisotopic (exact) mass is 492 g/mol. The maximum atomic E-state index is 13.1. The molecule has 0 spiro atoms. The highest BCUT2D eigenvalue weighted by molar-refractivity contribution is 8.03. The molecule has 1 atom stereocenters. The number of hydrogen-bond acceptors (Lipinski definition) is 9. The Kier molecular flexibility index (Phi) is 7.47. The fourth-order valence-corrected chi connectivity index (χ4v) is 4.86. The molecular weight excluding hydrogens is 472 g/mol. The number of dihydropyridines is 1. The molecule has 0 bridgehead atoms. The molecule has 0 saturated heterocycles. The second-order valence-corrected chi connectivity index (χ2v) is 8.86. The summed E-state index contributed by atoms with van der Waals surface area (Å²) in [6.07, 6.45) is 3.10. The number of hydrogen-bond donors (Lipinski definition) is 2. The maximum Gasteiger partial charge on any atom is 0.337 e. The number of thiazole rings is 1. The van der Waals surface area contributed by atoms with Crippen LogP contribution >= 0.6 is 23.1 Å². The fourth-order valence-electron chi connectivity index (χ4n) is 3.48. The molecule has 1 amide bonds. The van der Waals surface area contributed by atoms with Gasteiger partial charge in [-0.15, -0.1) is 11.3 Å². The number of amides is 1. The number of esters is 1. The lowest BCUT2D eigenvalue weighted by atomic mass is 9.84. The van der Waals surface area contributed by atoms with Crippen molar-refractivity contribution in [1.29, 1.82) is 5.26 Å². The van der Waals surface area contributed by atoms with Gasteiger partial charge in [-0.3, -0.25) is 4.79 Å². The van der Waals surface area contributed by atoms with E-state index in [1.54, 1.807) is 30.6 Å². The Morgan fingerprint density at radius 2 is 2.12 bits per heavy atom. The van der Waals surface area contributed by atoms with Crippen LogP contribution in [0.3, 0.4) is 0 Å². The van der Waals surface area contributed by atoms with Crippen molar-refractivity contribution in [2.24, 2.45) is 0 Å². The van der Waals surface area contributed by atoms with E-state index >= 15 is 0 Å². The third-order valence-corrected chi connectivity index (χ3v) is 6.57. The van der Waals surface area contributed by atoms with E-state index in [4.69, 9.17) is 9.15 Å². The molecule has 0 fully saturated rings. The summed E-state index contributed by atoms with van der Waals surface area (Å²) in [5.41, 5.74) is 1.78. The molecule has 10 heteroatoms. The van der Waals surface area contributed by atoms with Gasteiger partial charge in [-0.05, 0) is 24.6 Å². The van der Waals surface area contributed by atoms with Gasteiger partial charge in [-0.2, -0.15) is 5.26 Å². The molecule has 2 aromatic heterocycles. The van der Waals surface area contributed by atoms with Crippen LogP contribution in [0.15, 0.2) is 80.9 Å². The predicted molar refractivity (Wildman–Crippen MR) is 130 cm³/mol. The Balaban J connectivity index is 1.74. The number of thioether (sulfide) groups is 1. The summed E-state index contributed by atoms with van der Waals surface area (Å²) in [7, 11) is 0. The van der Waals surface area contributed by atoms with E-state index in [0.29, 0.717) is 21.6 Å². The lowest BCUT2D eigenvalue weighted by Gasteiger charge is -2.29. The highest BCUT2D eigenvalue weighted by Crippen LogP contribution is 2.43. The van der Waals surface area contributed by atoms with Crippen molar-refractivity contribution in [2.45, 2.75) is 12.8 Å². The van der Waals surface area contributed by atoms with Gasteiger partial charge in [0, 0.05) is 11.6 Å². The number of aromatic nitrogens is 1. The van der Waals surface area contributed by atoms with E-state index in [2.05, 4.69) is 21.7 Å². The number of carbonyl (C=O) groups is 2. The van der Waals surface area contributed by atoms with Gasteiger partial charge in [0.1, 0.15) is 5.76 Å². The minimum Gasteiger partial charge on any atom is -0.468 e. The first kappa shape index (κ1) is 23.4. The lowest BCUT2D eigenvalue weighted by Crippen LogP contribution is -2.29. The van der Waals surface area contributed by atoms with E-state index in [1.165, 1.54) is 29.4 Å². The number of nitriles is 1. The van der Waals surface area contributed by atoms with Crippen LogP contribution in [-0.2, 0) is 14.3 Å². The summed E-state index contributed by atoms with van der Waals surface area (Å²) in [5, 5.41) is 18.8. The molecule has 2 N–H and O–H groups in total. The normalized spacial score (nSPS) is 15.5. The molecule has 0 aliphatic carbocycles. The van der Waals surface area contributed by atoms with Gasteiger partial charge in [0.05, 0.1) is 52.5 Å². The van der Waals surface area contributed by atoms with Gasteiger partial charge in [0.2, 0.25) is 5.91 Å². The molecule has 172 valence electrons. The van der Waals surface area contributed by atoms with Crippen LogP contribution in [0.4, 0.5) is 5.13 Å². The van der Waals surface area contributed by atoms with Crippen LogP contribution in [0, 0.1) is 11.3 Å². The largest absolute Gasteiger partial charge is 0.468 e. The second kappa shape index (κ2) is 10.9. The van der Waals surface area contributed by atoms with Gasteiger partial charge in [0.15, 0.2) is 5.13 Å².